The van der Waals surface area contributed by atoms with Crippen molar-refractivity contribution >= 4 is 18.1 Å². The number of hydrogen-bond donors (Lipinski definition) is 1. The van der Waals surface area contributed by atoms with Crippen molar-refractivity contribution in [3.05, 3.63) is 23.8 Å². The minimum Gasteiger partial charge on any atom is -0.493 e. The van der Waals surface area contributed by atoms with Gasteiger partial charge in [-0.05, 0) is 23.8 Å². The molecule has 11 heavy (non-hydrogen) atoms. The molecule has 0 spiro atoms. The van der Waals surface area contributed by atoms with Gasteiger partial charge < -0.3 is 10.5 Å². The van der Waals surface area contributed by atoms with Crippen molar-refractivity contribution in [3.63, 3.8) is 0 Å². The first-order valence-electron chi connectivity index (χ1n) is 3.37. The van der Waals surface area contributed by atoms with Gasteiger partial charge >= 0.3 is 0 Å². The highest BCUT2D eigenvalue weighted by molar-refractivity contribution is 5.85. The molecule has 0 saturated heterocycles. The maximum absolute atomic E-state index is 5.58. The molecule has 0 amide bonds. The quantitative estimate of drug-likeness (QED) is 0.603. The molecular formula is C8H10ClNO. The van der Waals surface area contributed by atoms with Crippen molar-refractivity contribution in [1.29, 1.82) is 0 Å². The van der Waals surface area contributed by atoms with Crippen LogP contribution < -0.4 is 10.5 Å². The molecule has 1 aliphatic rings. The summed E-state index contributed by atoms with van der Waals surface area (Å²) in [5, 5.41) is 0. The highest BCUT2D eigenvalue weighted by Crippen LogP contribution is 2.26. The van der Waals surface area contributed by atoms with Crippen LogP contribution in [0, 0.1) is 0 Å². The summed E-state index contributed by atoms with van der Waals surface area (Å²) in [5.41, 5.74) is 7.63. The molecule has 3 heteroatoms. The van der Waals surface area contributed by atoms with E-state index in [9.17, 15) is 0 Å². The third-order valence-corrected chi connectivity index (χ3v) is 1.71. The molecule has 1 aromatic rings. The van der Waals surface area contributed by atoms with Crippen LogP contribution in [-0.4, -0.2) is 6.61 Å². The lowest BCUT2D eigenvalue weighted by Gasteiger charge is -1.97. The van der Waals surface area contributed by atoms with Crippen LogP contribution in [0.15, 0.2) is 18.2 Å². The van der Waals surface area contributed by atoms with Gasteiger partial charge in [0.25, 0.3) is 0 Å². The van der Waals surface area contributed by atoms with E-state index in [4.69, 9.17) is 10.5 Å². The predicted molar refractivity (Wildman–Crippen MR) is 47.3 cm³/mol. The van der Waals surface area contributed by atoms with Gasteiger partial charge in [-0.1, -0.05) is 0 Å². The van der Waals surface area contributed by atoms with Gasteiger partial charge in [0, 0.05) is 12.1 Å². The summed E-state index contributed by atoms with van der Waals surface area (Å²) in [5.74, 6) is 0.995. The van der Waals surface area contributed by atoms with E-state index < -0.39 is 0 Å². The Hall–Kier alpha value is -0.890. The third kappa shape index (κ3) is 1.40. The van der Waals surface area contributed by atoms with E-state index in [1.165, 1.54) is 5.56 Å². The maximum Gasteiger partial charge on any atom is 0.122 e. The number of hydrogen-bond acceptors (Lipinski definition) is 2. The first-order valence-corrected chi connectivity index (χ1v) is 3.37. The second-order valence-corrected chi connectivity index (χ2v) is 2.47. The molecule has 0 unspecified atom stereocenters. The molecule has 0 bridgehead atoms. The Kier molecular flexibility index (Phi) is 2.25. The van der Waals surface area contributed by atoms with E-state index in [0.717, 1.165) is 24.5 Å². The molecule has 1 aromatic carbocycles. The number of nitrogens with two attached hydrogens (primary N) is 1. The van der Waals surface area contributed by atoms with Crippen LogP contribution >= 0.6 is 12.4 Å². The number of rotatable bonds is 0. The fourth-order valence-electron chi connectivity index (χ4n) is 1.21. The van der Waals surface area contributed by atoms with Crippen molar-refractivity contribution in [3.8, 4) is 5.75 Å². The van der Waals surface area contributed by atoms with Gasteiger partial charge in [0.05, 0.1) is 6.61 Å². The largest absolute Gasteiger partial charge is 0.493 e. The van der Waals surface area contributed by atoms with Gasteiger partial charge in [-0.2, -0.15) is 0 Å². The first-order chi connectivity index (χ1) is 4.86. The van der Waals surface area contributed by atoms with Gasteiger partial charge in [-0.25, -0.2) is 0 Å². The lowest BCUT2D eigenvalue weighted by molar-refractivity contribution is 0.357. The molecule has 2 N–H and O–H groups in total. The standard InChI is InChI=1S/C8H9NO.ClH/c9-7-1-2-8-6(5-7)3-4-10-8;/h1-2,5H,3-4,9H2;1H. The molecular weight excluding hydrogens is 162 g/mol. The second kappa shape index (κ2) is 3.01. The molecule has 1 aliphatic heterocycles. The maximum atomic E-state index is 5.58. The van der Waals surface area contributed by atoms with Crippen molar-refractivity contribution in [2.75, 3.05) is 12.3 Å². The van der Waals surface area contributed by atoms with Crippen molar-refractivity contribution in [2.45, 2.75) is 6.42 Å². The van der Waals surface area contributed by atoms with Crippen LogP contribution in [0.3, 0.4) is 0 Å². The van der Waals surface area contributed by atoms with Gasteiger partial charge in [0.15, 0.2) is 0 Å². The van der Waals surface area contributed by atoms with E-state index in [2.05, 4.69) is 0 Å². The average molecular weight is 172 g/mol. The lowest BCUT2D eigenvalue weighted by atomic mass is 10.1. The Morgan fingerprint density at radius 1 is 1.36 bits per heavy atom. The summed E-state index contributed by atoms with van der Waals surface area (Å²) >= 11 is 0. The Labute approximate surface area is 71.8 Å². The minimum absolute atomic E-state index is 0. The van der Waals surface area contributed by atoms with Crippen LogP contribution in [0.5, 0.6) is 5.75 Å². The normalized spacial score (nSPS) is 13.1. The fourth-order valence-corrected chi connectivity index (χ4v) is 1.21. The highest BCUT2D eigenvalue weighted by Gasteiger charge is 2.10. The number of halogens is 1. The van der Waals surface area contributed by atoms with E-state index in [1.54, 1.807) is 0 Å². The molecule has 0 fully saturated rings. The average Bonchev–Trinajstić information content (AvgIpc) is 2.33. The zero-order valence-corrected chi connectivity index (χ0v) is 6.86. The van der Waals surface area contributed by atoms with Gasteiger partial charge in [-0.15, -0.1) is 12.4 Å². The van der Waals surface area contributed by atoms with Crippen molar-refractivity contribution in [2.24, 2.45) is 0 Å². The lowest BCUT2D eigenvalue weighted by Crippen LogP contribution is -1.85. The molecule has 2 rings (SSSR count). The van der Waals surface area contributed by atoms with Crippen LogP contribution in [0.2, 0.25) is 0 Å². The van der Waals surface area contributed by atoms with Gasteiger partial charge in [0.1, 0.15) is 5.75 Å². The summed E-state index contributed by atoms with van der Waals surface area (Å²) in [6.07, 6.45) is 1.00. The zero-order chi connectivity index (χ0) is 6.97. The number of anilines is 1. The Bertz CT molecular complexity index is 262. The van der Waals surface area contributed by atoms with Crippen molar-refractivity contribution < 1.29 is 4.74 Å². The van der Waals surface area contributed by atoms with Crippen LogP contribution in [0.4, 0.5) is 5.69 Å². The Morgan fingerprint density at radius 2 is 2.18 bits per heavy atom. The number of nitrogen functional groups attached to an aromatic ring is 1. The van der Waals surface area contributed by atoms with E-state index >= 15 is 0 Å². The van der Waals surface area contributed by atoms with E-state index in [0.29, 0.717) is 0 Å². The predicted octanol–water partition coefficient (Wildman–Crippen LogP) is 1.63. The highest BCUT2D eigenvalue weighted by atomic mass is 35.5. The first kappa shape index (κ1) is 8.21. The zero-order valence-electron chi connectivity index (χ0n) is 6.04. The van der Waals surface area contributed by atoms with Crippen LogP contribution in [0.1, 0.15) is 5.56 Å². The summed E-state index contributed by atoms with van der Waals surface area (Å²) in [7, 11) is 0. The summed E-state index contributed by atoms with van der Waals surface area (Å²) in [4.78, 5) is 0. The van der Waals surface area contributed by atoms with Crippen LogP contribution in [0.25, 0.3) is 0 Å². The molecule has 0 aromatic heterocycles. The number of fused-ring (bicyclic) bond motifs is 1. The molecule has 60 valence electrons. The second-order valence-electron chi connectivity index (χ2n) is 2.47. The summed E-state index contributed by atoms with van der Waals surface area (Å²) in [6, 6.07) is 5.77. The third-order valence-electron chi connectivity index (χ3n) is 1.71. The van der Waals surface area contributed by atoms with E-state index in [1.807, 2.05) is 18.2 Å². The van der Waals surface area contributed by atoms with Crippen molar-refractivity contribution in [1.82, 2.24) is 0 Å². The monoisotopic (exact) mass is 171 g/mol. The molecule has 0 aliphatic carbocycles. The smallest absolute Gasteiger partial charge is 0.122 e. The molecule has 1 heterocycles. The van der Waals surface area contributed by atoms with E-state index in [-0.39, 0.29) is 12.4 Å². The minimum atomic E-state index is 0. The molecule has 0 atom stereocenters. The molecule has 2 nitrogen and oxygen atoms in total. The van der Waals surface area contributed by atoms with Crippen LogP contribution in [-0.2, 0) is 6.42 Å². The number of ether oxygens (including phenoxy) is 1. The molecule has 0 radical (unpaired) electrons. The SMILES string of the molecule is Cl.Nc1ccc2c(c1)CCO2. The topological polar surface area (TPSA) is 35.2 Å². The molecule has 0 saturated carbocycles. The van der Waals surface area contributed by atoms with Gasteiger partial charge in [0.2, 0.25) is 0 Å². The Balaban J connectivity index is 0.000000605. The Morgan fingerprint density at radius 3 is 3.00 bits per heavy atom. The number of benzene rings is 1. The summed E-state index contributed by atoms with van der Waals surface area (Å²) < 4.78 is 5.30. The summed E-state index contributed by atoms with van der Waals surface area (Å²) in [6.45, 7) is 0.804. The van der Waals surface area contributed by atoms with Gasteiger partial charge in [-0.3, -0.25) is 0 Å². The fraction of sp³-hybridized carbons (Fsp3) is 0.250.